The number of hydrogen-bond acceptors (Lipinski definition) is 7. The molecule has 0 saturated heterocycles. The van der Waals surface area contributed by atoms with Crippen LogP contribution in [0.2, 0.25) is 0 Å². The monoisotopic (exact) mass is 448 g/mol. The number of unbranched alkanes of at least 4 members (excludes halogenated alkanes) is 13. The Bertz CT molecular complexity index is 405. The van der Waals surface area contributed by atoms with E-state index >= 15 is 0 Å². The molecular weight excluding hydrogens is 400 g/mol. The molecule has 0 heterocycles. The molecule has 0 spiro atoms. The van der Waals surface area contributed by atoms with Crippen molar-refractivity contribution in [3.8, 4) is 0 Å². The van der Waals surface area contributed by atoms with Gasteiger partial charge in [-0.05, 0) is 19.3 Å². The Morgan fingerprint density at radius 1 is 0.710 bits per heavy atom. The molecular formula is C24H48O7. The van der Waals surface area contributed by atoms with E-state index in [-0.39, 0.29) is 12.8 Å². The van der Waals surface area contributed by atoms with E-state index in [1.807, 2.05) is 0 Å². The summed E-state index contributed by atoms with van der Waals surface area (Å²) >= 11 is 0. The van der Waals surface area contributed by atoms with Crippen LogP contribution in [0.1, 0.15) is 116 Å². The first kappa shape index (κ1) is 30.3. The van der Waals surface area contributed by atoms with Crippen LogP contribution < -0.4 is 0 Å². The SMILES string of the molecule is CCCCCCCCCCCCCCCCC(CC(O)CO)(CC(O)CO)C(=O)OO. The van der Waals surface area contributed by atoms with Gasteiger partial charge in [0.2, 0.25) is 0 Å². The molecule has 0 aliphatic rings. The third-order valence-electron chi connectivity index (χ3n) is 6.20. The van der Waals surface area contributed by atoms with E-state index in [0.717, 1.165) is 19.3 Å². The molecule has 2 atom stereocenters. The Balaban J connectivity index is 4.14. The van der Waals surface area contributed by atoms with Crippen molar-refractivity contribution in [2.24, 2.45) is 5.41 Å². The van der Waals surface area contributed by atoms with Gasteiger partial charge in [0.05, 0.1) is 30.8 Å². The maximum Gasteiger partial charge on any atom is 0.348 e. The Kier molecular flexibility index (Phi) is 19.4. The zero-order valence-corrected chi connectivity index (χ0v) is 19.6. The first-order valence-corrected chi connectivity index (χ1v) is 12.4. The van der Waals surface area contributed by atoms with Crippen LogP contribution in [-0.2, 0) is 9.68 Å². The number of hydrogen-bond donors (Lipinski definition) is 5. The van der Waals surface area contributed by atoms with Crippen LogP contribution in [-0.4, -0.2) is 57.1 Å². The number of aliphatic hydroxyl groups is 4. The highest BCUT2D eigenvalue weighted by molar-refractivity contribution is 5.76. The van der Waals surface area contributed by atoms with Gasteiger partial charge in [-0.3, -0.25) is 0 Å². The van der Waals surface area contributed by atoms with E-state index in [1.165, 1.54) is 64.2 Å². The zero-order chi connectivity index (χ0) is 23.4. The first-order valence-electron chi connectivity index (χ1n) is 12.4. The molecule has 0 aromatic carbocycles. The molecule has 0 radical (unpaired) electrons. The lowest BCUT2D eigenvalue weighted by atomic mass is 9.73. The van der Waals surface area contributed by atoms with Gasteiger partial charge in [-0.2, -0.15) is 5.26 Å². The quantitative estimate of drug-likeness (QED) is 0.0946. The average molecular weight is 449 g/mol. The van der Waals surface area contributed by atoms with Gasteiger partial charge < -0.3 is 25.3 Å². The summed E-state index contributed by atoms with van der Waals surface area (Å²) < 4.78 is 0. The molecule has 2 unspecified atom stereocenters. The molecule has 0 saturated carbocycles. The predicted molar refractivity (Wildman–Crippen MR) is 122 cm³/mol. The van der Waals surface area contributed by atoms with E-state index in [9.17, 15) is 15.0 Å². The average Bonchev–Trinajstić information content (AvgIpc) is 2.78. The third-order valence-corrected chi connectivity index (χ3v) is 6.20. The van der Waals surface area contributed by atoms with E-state index in [0.29, 0.717) is 12.8 Å². The van der Waals surface area contributed by atoms with Crippen molar-refractivity contribution >= 4 is 5.97 Å². The Morgan fingerprint density at radius 3 is 1.39 bits per heavy atom. The summed E-state index contributed by atoms with van der Waals surface area (Å²) in [6, 6.07) is 0. The summed E-state index contributed by atoms with van der Waals surface area (Å²) in [6.45, 7) is 1.17. The van der Waals surface area contributed by atoms with Crippen LogP contribution in [0.3, 0.4) is 0 Å². The minimum absolute atomic E-state index is 0.140. The van der Waals surface area contributed by atoms with Crippen LogP contribution in [0.5, 0.6) is 0 Å². The number of carbonyl (C=O) groups excluding carboxylic acids is 1. The van der Waals surface area contributed by atoms with Crippen LogP contribution >= 0.6 is 0 Å². The van der Waals surface area contributed by atoms with Gasteiger partial charge >= 0.3 is 5.97 Å². The maximum absolute atomic E-state index is 12.2. The summed E-state index contributed by atoms with van der Waals surface area (Å²) in [5.41, 5.74) is -1.34. The molecule has 0 aliphatic carbocycles. The standard InChI is InChI=1S/C24H48O7/c1-2-3-4-5-6-7-8-9-10-11-12-13-14-15-16-24(23(29)31-30,17-21(27)19-25)18-22(28)20-26/h21-22,25-28,30H,2-20H2,1H3. The second-order valence-corrected chi connectivity index (χ2v) is 9.09. The largest absolute Gasteiger partial charge is 0.394 e. The van der Waals surface area contributed by atoms with Gasteiger partial charge in [0, 0.05) is 0 Å². The molecule has 0 rings (SSSR count). The molecule has 0 aromatic heterocycles. The highest BCUT2D eigenvalue weighted by atomic mass is 17.1. The summed E-state index contributed by atoms with van der Waals surface area (Å²) in [4.78, 5) is 16.2. The lowest BCUT2D eigenvalue weighted by Gasteiger charge is -2.33. The normalized spacial score (nSPS) is 15.4. The molecule has 5 N–H and O–H groups in total. The summed E-state index contributed by atoms with van der Waals surface area (Å²) in [6.07, 6.45) is 14.5. The van der Waals surface area contributed by atoms with Crippen LogP contribution in [0.4, 0.5) is 0 Å². The second kappa shape index (κ2) is 19.9. The molecule has 0 amide bonds. The van der Waals surface area contributed by atoms with Crippen molar-refractivity contribution in [2.75, 3.05) is 13.2 Å². The summed E-state index contributed by atoms with van der Waals surface area (Å²) in [7, 11) is 0. The minimum Gasteiger partial charge on any atom is -0.394 e. The van der Waals surface area contributed by atoms with E-state index in [1.54, 1.807) is 0 Å². The van der Waals surface area contributed by atoms with Gasteiger partial charge in [0.15, 0.2) is 0 Å². The first-order chi connectivity index (χ1) is 15.0. The highest BCUT2D eigenvalue weighted by Crippen LogP contribution is 2.37. The molecule has 31 heavy (non-hydrogen) atoms. The van der Waals surface area contributed by atoms with Crippen LogP contribution in [0.25, 0.3) is 0 Å². The third kappa shape index (κ3) is 14.9. The van der Waals surface area contributed by atoms with Gasteiger partial charge in [-0.15, -0.1) is 0 Å². The molecule has 0 aliphatic heterocycles. The molecule has 7 nitrogen and oxygen atoms in total. The molecule has 0 aromatic rings. The van der Waals surface area contributed by atoms with Gasteiger partial charge in [0.25, 0.3) is 0 Å². The van der Waals surface area contributed by atoms with Crippen LogP contribution in [0, 0.1) is 5.41 Å². The molecule has 7 heteroatoms. The fourth-order valence-corrected chi connectivity index (χ4v) is 4.34. The molecule has 0 fully saturated rings. The predicted octanol–water partition coefficient (Wildman–Crippen LogP) is 4.35. The minimum atomic E-state index is -1.34. The van der Waals surface area contributed by atoms with Crippen molar-refractivity contribution in [2.45, 2.75) is 128 Å². The topological polar surface area (TPSA) is 127 Å². The number of rotatable bonds is 22. The maximum atomic E-state index is 12.2. The van der Waals surface area contributed by atoms with Gasteiger partial charge in [-0.25, -0.2) is 4.79 Å². The van der Waals surface area contributed by atoms with Crippen molar-refractivity contribution in [3.63, 3.8) is 0 Å². The fourth-order valence-electron chi connectivity index (χ4n) is 4.34. The number of carbonyl (C=O) groups is 1. The van der Waals surface area contributed by atoms with E-state index < -0.39 is 36.8 Å². The van der Waals surface area contributed by atoms with E-state index in [4.69, 9.17) is 15.5 Å². The summed E-state index contributed by atoms with van der Waals surface area (Å²) in [5, 5.41) is 47.0. The van der Waals surface area contributed by atoms with Crippen molar-refractivity contribution in [1.29, 1.82) is 0 Å². The van der Waals surface area contributed by atoms with Crippen LogP contribution in [0.15, 0.2) is 0 Å². The second-order valence-electron chi connectivity index (χ2n) is 9.09. The van der Waals surface area contributed by atoms with E-state index in [2.05, 4.69) is 11.8 Å². The Labute approximate surface area is 188 Å². The highest BCUT2D eigenvalue weighted by Gasteiger charge is 2.43. The Hall–Kier alpha value is -0.730. The summed E-state index contributed by atoms with van der Waals surface area (Å²) in [5.74, 6) is -0.942. The van der Waals surface area contributed by atoms with Crippen molar-refractivity contribution < 1.29 is 35.4 Å². The Morgan fingerprint density at radius 2 is 1.06 bits per heavy atom. The molecule has 0 bridgehead atoms. The molecule has 186 valence electrons. The fraction of sp³-hybridized carbons (Fsp3) is 0.958. The van der Waals surface area contributed by atoms with Gasteiger partial charge in [0.1, 0.15) is 0 Å². The lowest BCUT2D eigenvalue weighted by Crippen LogP contribution is -2.40. The number of aliphatic hydroxyl groups excluding tert-OH is 4. The van der Waals surface area contributed by atoms with Crippen molar-refractivity contribution in [1.82, 2.24) is 0 Å². The lowest BCUT2D eigenvalue weighted by molar-refractivity contribution is -0.249. The van der Waals surface area contributed by atoms with Crippen molar-refractivity contribution in [3.05, 3.63) is 0 Å². The smallest absolute Gasteiger partial charge is 0.348 e. The van der Waals surface area contributed by atoms with Gasteiger partial charge in [-0.1, -0.05) is 96.8 Å². The zero-order valence-electron chi connectivity index (χ0n) is 19.6.